The number of amides is 1. The molecule has 3 aromatic heterocycles. The van der Waals surface area contributed by atoms with Crippen LogP contribution in [-0.4, -0.2) is 54.1 Å². The van der Waals surface area contributed by atoms with Crippen LogP contribution in [0.1, 0.15) is 18.1 Å². The summed E-state index contributed by atoms with van der Waals surface area (Å²) in [5.41, 5.74) is 3.00. The smallest absolute Gasteiger partial charge is 0.407 e. The van der Waals surface area contributed by atoms with Gasteiger partial charge in [0, 0.05) is 37.6 Å². The molecule has 0 aliphatic carbocycles. The van der Waals surface area contributed by atoms with E-state index in [0.29, 0.717) is 54.7 Å². The van der Waals surface area contributed by atoms with Crippen molar-refractivity contribution >= 4 is 28.8 Å². The van der Waals surface area contributed by atoms with Crippen molar-refractivity contribution in [1.29, 1.82) is 0 Å². The van der Waals surface area contributed by atoms with Gasteiger partial charge in [0.05, 0.1) is 7.11 Å². The van der Waals surface area contributed by atoms with Crippen molar-refractivity contribution < 1.29 is 14.6 Å². The maximum Gasteiger partial charge on any atom is 0.407 e. The second-order valence-corrected chi connectivity index (χ2v) is 7.86. The third-order valence-corrected chi connectivity index (χ3v) is 5.86. The molecule has 174 valence electrons. The van der Waals surface area contributed by atoms with Crippen molar-refractivity contribution in [2.45, 2.75) is 26.4 Å². The first-order chi connectivity index (χ1) is 16.5. The third kappa shape index (κ3) is 3.70. The zero-order valence-corrected chi connectivity index (χ0v) is 18.7. The summed E-state index contributed by atoms with van der Waals surface area (Å²) in [5, 5.41) is 12.9. The third-order valence-electron chi connectivity index (χ3n) is 5.86. The molecule has 1 aliphatic heterocycles. The number of carbonyl (C=O) groups is 1. The number of carboxylic acid groups (broad SMARTS) is 1. The number of nitrogens with zero attached hydrogens (tertiary/aromatic N) is 6. The number of ether oxygens (including phenoxy) is 1. The summed E-state index contributed by atoms with van der Waals surface area (Å²) in [6.07, 6.45) is 1.25. The van der Waals surface area contributed by atoms with Crippen LogP contribution >= 0.6 is 0 Å². The van der Waals surface area contributed by atoms with Crippen LogP contribution in [0.15, 0.2) is 47.4 Å². The average Bonchev–Trinajstić information content (AvgIpc) is 3.14. The van der Waals surface area contributed by atoms with Crippen LogP contribution in [-0.2, 0) is 19.5 Å². The molecule has 4 aromatic rings. The lowest BCUT2D eigenvalue weighted by atomic mass is 9.99. The Balaban J connectivity index is 1.54. The summed E-state index contributed by atoms with van der Waals surface area (Å²) in [6, 6.07) is 11.1. The van der Waals surface area contributed by atoms with Crippen LogP contribution in [0.5, 0.6) is 5.88 Å². The van der Waals surface area contributed by atoms with Gasteiger partial charge in [-0.1, -0.05) is 12.1 Å². The maximum absolute atomic E-state index is 13.0. The lowest BCUT2D eigenvalue weighted by molar-refractivity contribution is 0.140. The van der Waals surface area contributed by atoms with Crippen LogP contribution in [0.3, 0.4) is 0 Å². The number of anilines is 2. The fourth-order valence-electron chi connectivity index (χ4n) is 4.17. The highest BCUT2D eigenvalue weighted by atomic mass is 16.5. The lowest BCUT2D eigenvalue weighted by Gasteiger charge is -2.26. The van der Waals surface area contributed by atoms with Crippen molar-refractivity contribution in [3.8, 4) is 11.7 Å². The fraction of sp³-hybridized carbons (Fsp3) is 0.261. The number of nitrogens with one attached hydrogen (secondary N) is 1. The van der Waals surface area contributed by atoms with Crippen molar-refractivity contribution in [2.24, 2.45) is 0 Å². The molecule has 11 nitrogen and oxygen atoms in total. The van der Waals surface area contributed by atoms with E-state index in [1.54, 1.807) is 27.6 Å². The van der Waals surface area contributed by atoms with E-state index in [0.717, 1.165) is 16.8 Å². The topological polar surface area (TPSA) is 127 Å². The number of hydrogen-bond donors (Lipinski definition) is 2. The Labute approximate surface area is 194 Å². The Morgan fingerprint density at radius 3 is 2.82 bits per heavy atom. The standard InChI is InChI=1S/C23H23N7O4/c1-3-29-21(31)17-12-24-22(27-20(17)30(29)18-5-4-6-19(26-18)34-2)25-16-8-7-14-9-10-28(23(32)33)13-15(14)11-16/h4-8,11-12H,3,9-10,13H2,1-2H3,(H,32,33)(H,24,25,27). The van der Waals surface area contributed by atoms with E-state index in [2.05, 4.69) is 20.3 Å². The van der Waals surface area contributed by atoms with Gasteiger partial charge in [-0.2, -0.15) is 9.97 Å². The molecular weight excluding hydrogens is 438 g/mol. The molecule has 1 amide bonds. The zero-order valence-electron chi connectivity index (χ0n) is 18.7. The molecule has 0 unspecified atom stereocenters. The maximum atomic E-state index is 13.0. The quantitative estimate of drug-likeness (QED) is 0.464. The number of aromatic nitrogens is 5. The molecule has 4 heterocycles. The molecule has 0 saturated carbocycles. The number of fused-ring (bicyclic) bond motifs is 2. The van der Waals surface area contributed by atoms with E-state index >= 15 is 0 Å². The van der Waals surface area contributed by atoms with E-state index in [9.17, 15) is 14.7 Å². The Morgan fingerprint density at radius 1 is 1.21 bits per heavy atom. The zero-order chi connectivity index (χ0) is 23.8. The van der Waals surface area contributed by atoms with Crippen molar-refractivity contribution in [3.05, 3.63) is 64.1 Å². The highest BCUT2D eigenvalue weighted by Crippen LogP contribution is 2.25. The molecule has 1 aliphatic rings. The highest BCUT2D eigenvalue weighted by molar-refractivity contribution is 5.77. The van der Waals surface area contributed by atoms with Crippen LogP contribution < -0.4 is 15.6 Å². The van der Waals surface area contributed by atoms with Crippen LogP contribution in [0.4, 0.5) is 16.4 Å². The number of rotatable bonds is 5. The SMILES string of the molecule is CCn1c(=O)c2cnc(Nc3ccc4c(c3)CN(C(=O)O)CC4)nc2n1-c1cccc(OC)n1. The molecule has 34 heavy (non-hydrogen) atoms. The van der Waals surface area contributed by atoms with Crippen molar-refractivity contribution in [2.75, 3.05) is 19.0 Å². The summed E-state index contributed by atoms with van der Waals surface area (Å²) in [7, 11) is 1.53. The van der Waals surface area contributed by atoms with E-state index in [-0.39, 0.29) is 5.56 Å². The number of hydrogen-bond acceptors (Lipinski definition) is 7. The van der Waals surface area contributed by atoms with Gasteiger partial charge >= 0.3 is 6.09 Å². The fourth-order valence-corrected chi connectivity index (χ4v) is 4.17. The largest absolute Gasteiger partial charge is 0.481 e. The number of methoxy groups -OCH3 is 1. The normalized spacial score (nSPS) is 13.1. The van der Waals surface area contributed by atoms with Gasteiger partial charge < -0.3 is 20.1 Å². The van der Waals surface area contributed by atoms with Crippen LogP contribution in [0, 0.1) is 0 Å². The summed E-state index contributed by atoms with van der Waals surface area (Å²) >= 11 is 0. The van der Waals surface area contributed by atoms with E-state index < -0.39 is 6.09 Å². The average molecular weight is 461 g/mol. The monoisotopic (exact) mass is 461 g/mol. The van der Waals surface area contributed by atoms with Gasteiger partial charge in [-0.05, 0) is 42.7 Å². The first kappa shape index (κ1) is 21.4. The van der Waals surface area contributed by atoms with Crippen LogP contribution in [0.25, 0.3) is 16.9 Å². The molecular formula is C23H23N7O4. The van der Waals surface area contributed by atoms with Gasteiger partial charge in [-0.3, -0.25) is 4.79 Å². The van der Waals surface area contributed by atoms with E-state index in [1.807, 2.05) is 25.1 Å². The summed E-state index contributed by atoms with van der Waals surface area (Å²) in [6.45, 7) is 3.11. The summed E-state index contributed by atoms with van der Waals surface area (Å²) in [5.74, 6) is 1.23. The van der Waals surface area contributed by atoms with E-state index in [1.165, 1.54) is 18.2 Å². The van der Waals surface area contributed by atoms with Crippen LogP contribution in [0.2, 0.25) is 0 Å². The highest BCUT2D eigenvalue weighted by Gasteiger charge is 2.21. The Morgan fingerprint density at radius 2 is 2.06 bits per heavy atom. The van der Waals surface area contributed by atoms with Gasteiger partial charge in [0.25, 0.3) is 5.56 Å². The summed E-state index contributed by atoms with van der Waals surface area (Å²) in [4.78, 5) is 39.1. The van der Waals surface area contributed by atoms with E-state index in [4.69, 9.17) is 4.74 Å². The Bertz CT molecular complexity index is 1460. The van der Waals surface area contributed by atoms with Gasteiger partial charge in [-0.25, -0.2) is 19.1 Å². The minimum absolute atomic E-state index is 0.212. The number of benzene rings is 1. The molecule has 0 radical (unpaired) electrons. The molecule has 1 aromatic carbocycles. The second-order valence-electron chi connectivity index (χ2n) is 7.86. The first-order valence-corrected chi connectivity index (χ1v) is 10.8. The Kier molecular flexibility index (Phi) is 5.36. The predicted molar refractivity (Wildman–Crippen MR) is 125 cm³/mol. The van der Waals surface area contributed by atoms with Gasteiger partial charge in [0.2, 0.25) is 11.8 Å². The summed E-state index contributed by atoms with van der Waals surface area (Å²) < 4.78 is 8.45. The molecule has 0 fully saturated rings. The predicted octanol–water partition coefficient (Wildman–Crippen LogP) is 2.79. The molecule has 0 spiro atoms. The van der Waals surface area contributed by atoms with Gasteiger partial charge in [0.15, 0.2) is 11.5 Å². The lowest BCUT2D eigenvalue weighted by Crippen LogP contribution is -2.34. The molecule has 11 heteroatoms. The molecule has 2 N–H and O–H groups in total. The second kappa shape index (κ2) is 8.50. The molecule has 0 atom stereocenters. The minimum Gasteiger partial charge on any atom is -0.481 e. The van der Waals surface area contributed by atoms with Gasteiger partial charge in [0.1, 0.15) is 5.39 Å². The van der Waals surface area contributed by atoms with Crippen molar-refractivity contribution in [3.63, 3.8) is 0 Å². The minimum atomic E-state index is -0.928. The Hall–Kier alpha value is -4.41. The molecule has 5 rings (SSSR count). The number of pyridine rings is 1. The first-order valence-electron chi connectivity index (χ1n) is 10.8. The van der Waals surface area contributed by atoms with Crippen molar-refractivity contribution in [1.82, 2.24) is 29.2 Å². The van der Waals surface area contributed by atoms with Gasteiger partial charge in [-0.15, -0.1) is 0 Å². The molecule has 0 saturated heterocycles. The molecule has 0 bridgehead atoms.